The molecule has 0 spiro atoms. The molecule has 11 nitrogen and oxygen atoms in total. The molecular formula is C28H26FN9O2S. The summed E-state index contributed by atoms with van der Waals surface area (Å²) >= 11 is 0. The van der Waals surface area contributed by atoms with Crippen LogP contribution in [0.1, 0.15) is 18.1 Å². The molecular weight excluding hydrogens is 545 g/mol. The van der Waals surface area contributed by atoms with Crippen LogP contribution in [0.3, 0.4) is 0 Å². The molecule has 0 aliphatic carbocycles. The Morgan fingerprint density at radius 3 is 2.54 bits per heavy atom. The highest BCUT2D eigenvalue weighted by molar-refractivity contribution is 7.88. The molecule has 13 heteroatoms. The summed E-state index contributed by atoms with van der Waals surface area (Å²) in [6.45, 7) is 3.59. The highest BCUT2D eigenvalue weighted by Crippen LogP contribution is 2.32. The first-order valence-corrected chi connectivity index (χ1v) is 14.8. The van der Waals surface area contributed by atoms with Crippen molar-refractivity contribution in [1.82, 2.24) is 45.2 Å². The SMILES string of the molecule is CCNCc1cncc(-c2ccc3[nH]nc(-c4nc5c(-c6cc(F)cc(CNS(C)(=O)=O)c6)cncc5[nH]4)c3n2)c1. The number of benzene rings is 1. The molecule has 0 saturated heterocycles. The van der Waals surface area contributed by atoms with Gasteiger partial charge in [-0.1, -0.05) is 6.92 Å². The van der Waals surface area contributed by atoms with Crippen LogP contribution in [-0.4, -0.2) is 56.3 Å². The van der Waals surface area contributed by atoms with Gasteiger partial charge in [-0.25, -0.2) is 27.5 Å². The molecule has 5 aromatic heterocycles. The van der Waals surface area contributed by atoms with Gasteiger partial charge in [0.1, 0.15) is 11.3 Å². The van der Waals surface area contributed by atoms with Crippen LogP contribution in [0.2, 0.25) is 0 Å². The van der Waals surface area contributed by atoms with Gasteiger partial charge in [-0.05, 0) is 59.6 Å². The summed E-state index contributed by atoms with van der Waals surface area (Å²) < 4.78 is 40.0. The van der Waals surface area contributed by atoms with Crippen molar-refractivity contribution in [3.05, 3.63) is 78.1 Å². The van der Waals surface area contributed by atoms with Crippen molar-refractivity contribution in [2.75, 3.05) is 12.8 Å². The van der Waals surface area contributed by atoms with E-state index in [1.807, 2.05) is 18.3 Å². The summed E-state index contributed by atoms with van der Waals surface area (Å²) in [7, 11) is -3.44. The molecule has 0 bridgehead atoms. The Balaban J connectivity index is 1.39. The number of imidazole rings is 1. The first kappa shape index (κ1) is 26.6. The number of nitrogens with zero attached hydrogens (tertiary/aromatic N) is 5. The highest BCUT2D eigenvalue weighted by Gasteiger charge is 2.18. The lowest BCUT2D eigenvalue weighted by Gasteiger charge is -2.07. The van der Waals surface area contributed by atoms with Crippen molar-refractivity contribution in [1.29, 1.82) is 0 Å². The molecule has 0 fully saturated rings. The molecule has 0 atom stereocenters. The van der Waals surface area contributed by atoms with Crippen molar-refractivity contribution < 1.29 is 12.8 Å². The Morgan fingerprint density at radius 2 is 1.71 bits per heavy atom. The summed E-state index contributed by atoms with van der Waals surface area (Å²) in [5.74, 6) is -0.0286. The molecule has 0 unspecified atom stereocenters. The van der Waals surface area contributed by atoms with Crippen molar-refractivity contribution in [3.63, 3.8) is 0 Å². The van der Waals surface area contributed by atoms with E-state index in [2.05, 4.69) is 48.2 Å². The van der Waals surface area contributed by atoms with Crippen LogP contribution in [0.4, 0.5) is 4.39 Å². The van der Waals surface area contributed by atoms with E-state index in [4.69, 9.17) is 9.97 Å². The van der Waals surface area contributed by atoms with Crippen molar-refractivity contribution in [3.8, 4) is 33.9 Å². The van der Waals surface area contributed by atoms with Crippen molar-refractivity contribution in [2.45, 2.75) is 20.0 Å². The van der Waals surface area contributed by atoms with Gasteiger partial charge in [0, 0.05) is 42.8 Å². The Morgan fingerprint density at radius 1 is 0.878 bits per heavy atom. The van der Waals surface area contributed by atoms with E-state index in [0.29, 0.717) is 51.3 Å². The lowest BCUT2D eigenvalue weighted by atomic mass is 10.0. The van der Waals surface area contributed by atoms with Gasteiger partial charge in [0.2, 0.25) is 10.0 Å². The van der Waals surface area contributed by atoms with Gasteiger partial charge in [-0.15, -0.1) is 0 Å². The second-order valence-electron chi connectivity index (χ2n) is 9.64. The minimum atomic E-state index is -3.44. The monoisotopic (exact) mass is 571 g/mol. The number of hydrogen-bond acceptors (Lipinski definition) is 8. The minimum absolute atomic E-state index is 0.0420. The number of nitrogens with one attached hydrogen (secondary N) is 4. The summed E-state index contributed by atoms with van der Waals surface area (Å²) in [5, 5.41) is 10.8. The Kier molecular flexibility index (Phi) is 6.99. The summed E-state index contributed by atoms with van der Waals surface area (Å²) in [6, 6.07) is 10.3. The largest absolute Gasteiger partial charge is 0.335 e. The van der Waals surface area contributed by atoms with Gasteiger partial charge >= 0.3 is 0 Å². The van der Waals surface area contributed by atoms with Gasteiger partial charge in [-0.2, -0.15) is 5.10 Å². The molecule has 0 aliphatic rings. The van der Waals surface area contributed by atoms with Crippen LogP contribution >= 0.6 is 0 Å². The number of sulfonamides is 1. The quantitative estimate of drug-likeness (QED) is 0.204. The average Bonchev–Trinajstić information content (AvgIpc) is 3.58. The van der Waals surface area contributed by atoms with Gasteiger partial charge in [0.15, 0.2) is 11.5 Å². The molecule has 0 aliphatic heterocycles. The van der Waals surface area contributed by atoms with Crippen LogP contribution in [0.25, 0.3) is 56.0 Å². The average molecular weight is 572 g/mol. The van der Waals surface area contributed by atoms with Crippen LogP contribution in [0, 0.1) is 5.82 Å². The number of rotatable bonds is 9. The fourth-order valence-corrected chi connectivity index (χ4v) is 5.03. The molecule has 0 radical (unpaired) electrons. The summed E-state index contributed by atoms with van der Waals surface area (Å²) in [4.78, 5) is 21.6. The summed E-state index contributed by atoms with van der Waals surface area (Å²) in [6.07, 6.45) is 7.90. The third kappa shape index (κ3) is 5.68. The number of hydrogen-bond donors (Lipinski definition) is 4. The molecule has 1 aromatic carbocycles. The third-order valence-corrected chi connectivity index (χ3v) is 7.17. The zero-order chi connectivity index (χ0) is 28.6. The zero-order valence-electron chi connectivity index (χ0n) is 22.2. The fourth-order valence-electron chi connectivity index (χ4n) is 4.60. The van der Waals surface area contributed by atoms with Gasteiger partial charge in [0.25, 0.3) is 0 Å². The summed E-state index contributed by atoms with van der Waals surface area (Å²) in [5.41, 5.74) is 7.36. The van der Waals surface area contributed by atoms with Gasteiger partial charge in [-0.3, -0.25) is 15.1 Å². The first-order chi connectivity index (χ1) is 19.8. The lowest BCUT2D eigenvalue weighted by molar-refractivity contribution is 0.586. The predicted octanol–water partition coefficient (Wildman–Crippen LogP) is 3.92. The molecule has 4 N–H and O–H groups in total. The number of aromatic nitrogens is 7. The smallest absolute Gasteiger partial charge is 0.209 e. The van der Waals surface area contributed by atoms with Crippen molar-refractivity contribution >= 4 is 32.1 Å². The number of pyridine rings is 3. The van der Waals surface area contributed by atoms with Crippen LogP contribution < -0.4 is 10.0 Å². The Labute approximate surface area is 234 Å². The number of halogens is 1. The van der Waals surface area contributed by atoms with E-state index in [9.17, 15) is 12.8 Å². The topological polar surface area (TPSA) is 154 Å². The Bertz CT molecular complexity index is 2000. The molecule has 0 amide bonds. The second-order valence-corrected chi connectivity index (χ2v) is 11.5. The highest BCUT2D eigenvalue weighted by atomic mass is 32.2. The molecule has 6 rings (SSSR count). The molecule has 5 heterocycles. The third-order valence-electron chi connectivity index (χ3n) is 6.50. The number of fused-ring (bicyclic) bond motifs is 2. The maximum Gasteiger partial charge on any atom is 0.209 e. The van der Waals surface area contributed by atoms with Gasteiger partial charge in [0.05, 0.1) is 34.7 Å². The molecule has 208 valence electrons. The molecule has 6 aromatic rings. The van der Waals surface area contributed by atoms with E-state index in [1.165, 1.54) is 12.1 Å². The number of H-pyrrole nitrogens is 2. The molecule has 41 heavy (non-hydrogen) atoms. The minimum Gasteiger partial charge on any atom is -0.335 e. The molecule has 0 saturated carbocycles. The second kappa shape index (κ2) is 10.8. The normalized spacial score (nSPS) is 12.0. The standard InChI is InChI=1S/C28H26FN9O2S/c1-3-30-10-17-7-19(13-31-11-17)22-4-5-23-26(34-22)27(38-37-23)28-35-24-15-32-14-21(25(24)36-28)18-6-16(8-20(29)9-18)12-33-41(2,39)40/h4-9,11,13-15,30,33H,3,10,12H2,1-2H3,(H,35,36)(H,37,38). The first-order valence-electron chi connectivity index (χ1n) is 12.9. The van der Waals surface area contributed by atoms with E-state index >= 15 is 0 Å². The fraction of sp³-hybridized carbons (Fsp3) is 0.179. The zero-order valence-corrected chi connectivity index (χ0v) is 23.1. The predicted molar refractivity (Wildman–Crippen MR) is 154 cm³/mol. The number of aromatic amines is 2. The van der Waals surface area contributed by atoms with E-state index in [-0.39, 0.29) is 6.54 Å². The van der Waals surface area contributed by atoms with Gasteiger partial charge < -0.3 is 10.3 Å². The van der Waals surface area contributed by atoms with Crippen LogP contribution in [0.15, 0.2) is 61.2 Å². The van der Waals surface area contributed by atoms with E-state index < -0.39 is 15.8 Å². The van der Waals surface area contributed by atoms with Crippen LogP contribution in [0.5, 0.6) is 0 Å². The Hall–Kier alpha value is -4.59. The maximum absolute atomic E-state index is 14.5. The van der Waals surface area contributed by atoms with Crippen molar-refractivity contribution in [2.24, 2.45) is 0 Å². The maximum atomic E-state index is 14.5. The lowest BCUT2D eigenvalue weighted by Crippen LogP contribution is -2.21. The van der Waals surface area contributed by atoms with Crippen LogP contribution in [-0.2, 0) is 23.1 Å². The van der Waals surface area contributed by atoms with E-state index in [0.717, 1.165) is 35.1 Å². The van der Waals surface area contributed by atoms with E-state index in [1.54, 1.807) is 24.7 Å².